The Bertz CT molecular complexity index is 504. The van der Waals surface area contributed by atoms with Crippen molar-refractivity contribution in [2.45, 2.75) is 0 Å². The molecule has 0 aliphatic carbocycles. The van der Waals surface area contributed by atoms with Crippen LogP contribution in [0.15, 0.2) is 25.6 Å². The molecular formula is C10H11BrN4O2. The minimum atomic E-state index is 0.399. The van der Waals surface area contributed by atoms with E-state index in [0.717, 1.165) is 30.7 Å². The Hall–Kier alpha value is -1.34. The van der Waals surface area contributed by atoms with Gasteiger partial charge in [0.05, 0.1) is 10.7 Å². The molecule has 1 fully saturated rings. The average Bonchev–Trinajstić information content (AvgIpc) is 2.98. The molecule has 0 radical (unpaired) electrons. The predicted octanol–water partition coefficient (Wildman–Crippen LogP) is 1.50. The number of nitrogens with zero attached hydrogens (tertiary/aromatic N) is 3. The highest BCUT2D eigenvalue weighted by Crippen LogP contribution is 2.29. The lowest BCUT2D eigenvalue weighted by Crippen LogP contribution is -2.43. The van der Waals surface area contributed by atoms with Crippen molar-refractivity contribution < 1.29 is 8.83 Å². The number of aromatic nitrogens is 2. The van der Waals surface area contributed by atoms with E-state index in [4.69, 9.17) is 8.83 Å². The zero-order chi connectivity index (χ0) is 11.7. The van der Waals surface area contributed by atoms with Crippen molar-refractivity contribution in [3.63, 3.8) is 0 Å². The highest BCUT2D eigenvalue weighted by molar-refractivity contribution is 9.10. The topological polar surface area (TPSA) is 67.3 Å². The second-order valence-corrected chi connectivity index (χ2v) is 4.58. The van der Waals surface area contributed by atoms with E-state index in [1.807, 2.05) is 0 Å². The van der Waals surface area contributed by atoms with Gasteiger partial charge in [-0.3, -0.25) is 0 Å². The summed E-state index contributed by atoms with van der Waals surface area (Å²) in [6.07, 6.45) is 1.58. The van der Waals surface area contributed by atoms with E-state index in [1.165, 1.54) is 0 Å². The van der Waals surface area contributed by atoms with Gasteiger partial charge in [-0.1, -0.05) is 5.10 Å². The van der Waals surface area contributed by atoms with Gasteiger partial charge in [-0.05, 0) is 22.0 Å². The maximum absolute atomic E-state index is 5.60. The highest BCUT2D eigenvalue weighted by Gasteiger charge is 2.19. The first-order chi connectivity index (χ1) is 8.34. The molecule has 0 spiro atoms. The number of rotatable bonds is 2. The van der Waals surface area contributed by atoms with E-state index in [9.17, 15) is 0 Å². The molecule has 2 aromatic heterocycles. The number of hydrogen-bond donors (Lipinski definition) is 1. The van der Waals surface area contributed by atoms with Gasteiger partial charge in [0.25, 0.3) is 5.89 Å². The average molecular weight is 299 g/mol. The van der Waals surface area contributed by atoms with Crippen molar-refractivity contribution >= 4 is 21.9 Å². The SMILES string of the molecule is Brc1ccoc1-c1nnc(N2CCNCC2)o1. The van der Waals surface area contributed by atoms with Crippen LogP contribution in [0.4, 0.5) is 6.01 Å². The largest absolute Gasteiger partial charge is 0.458 e. The zero-order valence-corrected chi connectivity index (χ0v) is 10.6. The van der Waals surface area contributed by atoms with E-state index in [2.05, 4.69) is 36.3 Å². The number of nitrogens with one attached hydrogen (secondary N) is 1. The van der Waals surface area contributed by atoms with Gasteiger partial charge in [-0.25, -0.2) is 0 Å². The van der Waals surface area contributed by atoms with Crippen molar-refractivity contribution in [3.8, 4) is 11.7 Å². The number of furan rings is 1. The lowest BCUT2D eigenvalue weighted by Gasteiger charge is -2.24. The van der Waals surface area contributed by atoms with Gasteiger partial charge in [-0.2, -0.15) is 0 Å². The Morgan fingerprint density at radius 3 is 2.82 bits per heavy atom. The minimum absolute atomic E-state index is 0.399. The number of piperazine rings is 1. The molecule has 1 aliphatic rings. The lowest BCUT2D eigenvalue weighted by atomic mass is 10.4. The first-order valence-electron chi connectivity index (χ1n) is 5.37. The monoisotopic (exact) mass is 298 g/mol. The van der Waals surface area contributed by atoms with Crippen molar-refractivity contribution in [2.24, 2.45) is 0 Å². The summed E-state index contributed by atoms with van der Waals surface area (Å²) in [6.45, 7) is 3.62. The second-order valence-electron chi connectivity index (χ2n) is 3.72. The smallest absolute Gasteiger partial charge is 0.318 e. The van der Waals surface area contributed by atoms with Crippen LogP contribution in [0.1, 0.15) is 0 Å². The molecule has 1 N–H and O–H groups in total. The summed E-state index contributed by atoms with van der Waals surface area (Å²) in [7, 11) is 0. The summed E-state index contributed by atoms with van der Waals surface area (Å²) in [4.78, 5) is 2.06. The maximum atomic E-state index is 5.60. The van der Waals surface area contributed by atoms with Crippen molar-refractivity contribution in [3.05, 3.63) is 16.8 Å². The van der Waals surface area contributed by atoms with Crippen LogP contribution < -0.4 is 10.2 Å². The third-order valence-corrected chi connectivity index (χ3v) is 3.24. The quantitative estimate of drug-likeness (QED) is 0.906. The standard InChI is InChI=1S/C10H11BrN4O2/c11-7-1-6-16-8(7)9-13-14-10(17-9)15-4-2-12-3-5-15/h1,6,12H,2-5H2. The molecular weight excluding hydrogens is 288 g/mol. The first kappa shape index (κ1) is 10.8. The Labute approximate surface area is 106 Å². The summed E-state index contributed by atoms with van der Waals surface area (Å²) < 4.78 is 11.7. The van der Waals surface area contributed by atoms with Crippen molar-refractivity contribution in [2.75, 3.05) is 31.1 Å². The molecule has 0 unspecified atom stereocenters. The Kier molecular flexibility index (Phi) is 2.86. The second kappa shape index (κ2) is 4.50. The molecule has 3 heterocycles. The van der Waals surface area contributed by atoms with E-state index >= 15 is 0 Å². The number of anilines is 1. The molecule has 1 saturated heterocycles. The molecule has 3 rings (SSSR count). The Morgan fingerprint density at radius 1 is 1.29 bits per heavy atom. The summed E-state index contributed by atoms with van der Waals surface area (Å²) in [6, 6.07) is 2.34. The van der Waals surface area contributed by atoms with Crippen molar-refractivity contribution in [1.82, 2.24) is 15.5 Å². The van der Waals surface area contributed by atoms with E-state index in [-0.39, 0.29) is 0 Å². The molecule has 1 aliphatic heterocycles. The van der Waals surface area contributed by atoms with Gasteiger partial charge >= 0.3 is 6.01 Å². The molecule has 90 valence electrons. The highest BCUT2D eigenvalue weighted by atomic mass is 79.9. The fourth-order valence-electron chi connectivity index (χ4n) is 1.74. The van der Waals surface area contributed by atoms with Gasteiger partial charge in [0.15, 0.2) is 0 Å². The predicted molar refractivity (Wildman–Crippen MR) is 64.8 cm³/mol. The molecule has 0 amide bonds. The van der Waals surface area contributed by atoms with E-state index in [0.29, 0.717) is 17.7 Å². The minimum Gasteiger partial charge on any atom is -0.458 e. The van der Waals surface area contributed by atoms with E-state index in [1.54, 1.807) is 12.3 Å². The molecule has 0 atom stereocenters. The van der Waals surface area contributed by atoms with Crippen LogP contribution in [0.5, 0.6) is 0 Å². The van der Waals surface area contributed by atoms with Gasteiger partial charge in [0.2, 0.25) is 5.76 Å². The number of hydrogen-bond acceptors (Lipinski definition) is 6. The fourth-order valence-corrected chi connectivity index (χ4v) is 2.11. The Balaban J connectivity index is 1.85. The third kappa shape index (κ3) is 2.07. The van der Waals surface area contributed by atoms with Gasteiger partial charge in [0, 0.05) is 26.2 Å². The van der Waals surface area contributed by atoms with Crippen LogP contribution in [0.25, 0.3) is 11.7 Å². The van der Waals surface area contributed by atoms with Crippen LogP contribution >= 0.6 is 15.9 Å². The number of halogens is 1. The van der Waals surface area contributed by atoms with Crippen LogP contribution in [0, 0.1) is 0 Å². The van der Waals surface area contributed by atoms with Crippen LogP contribution in [0.2, 0.25) is 0 Å². The zero-order valence-electron chi connectivity index (χ0n) is 9.02. The molecule has 7 heteroatoms. The van der Waals surface area contributed by atoms with Gasteiger partial charge in [0.1, 0.15) is 0 Å². The Morgan fingerprint density at radius 2 is 2.12 bits per heavy atom. The van der Waals surface area contributed by atoms with Crippen LogP contribution in [-0.2, 0) is 0 Å². The summed E-state index contributed by atoms with van der Waals surface area (Å²) in [5.41, 5.74) is 0. The van der Waals surface area contributed by atoms with Crippen LogP contribution in [-0.4, -0.2) is 36.4 Å². The van der Waals surface area contributed by atoms with Crippen LogP contribution in [0.3, 0.4) is 0 Å². The normalized spacial score (nSPS) is 16.4. The molecule has 0 aromatic carbocycles. The first-order valence-corrected chi connectivity index (χ1v) is 6.16. The lowest BCUT2D eigenvalue weighted by molar-refractivity contribution is 0.487. The van der Waals surface area contributed by atoms with Gasteiger partial charge < -0.3 is 19.1 Å². The summed E-state index contributed by atoms with van der Waals surface area (Å²) >= 11 is 3.36. The van der Waals surface area contributed by atoms with Gasteiger partial charge in [-0.15, -0.1) is 5.10 Å². The molecule has 6 nitrogen and oxygen atoms in total. The maximum Gasteiger partial charge on any atom is 0.318 e. The molecule has 2 aromatic rings. The summed E-state index contributed by atoms with van der Waals surface area (Å²) in [5, 5.41) is 11.3. The summed E-state index contributed by atoms with van der Waals surface area (Å²) in [5.74, 6) is 0.967. The molecule has 0 bridgehead atoms. The molecule has 0 saturated carbocycles. The van der Waals surface area contributed by atoms with E-state index < -0.39 is 0 Å². The third-order valence-electron chi connectivity index (χ3n) is 2.61. The molecule has 17 heavy (non-hydrogen) atoms. The fraction of sp³-hybridized carbons (Fsp3) is 0.400. The van der Waals surface area contributed by atoms with Crippen molar-refractivity contribution in [1.29, 1.82) is 0 Å².